The minimum atomic E-state index is -1.13. The fraction of sp³-hybridized carbons (Fsp3) is 0.447. The van der Waals surface area contributed by atoms with Crippen molar-refractivity contribution in [2.24, 2.45) is 0 Å². The molecule has 63 heavy (non-hydrogen) atoms. The van der Waals surface area contributed by atoms with E-state index in [1.165, 1.54) is 20.1 Å². The van der Waals surface area contributed by atoms with E-state index in [9.17, 15) is 33.6 Å². The summed E-state index contributed by atoms with van der Waals surface area (Å²) in [6, 6.07) is 15.1. The van der Waals surface area contributed by atoms with Gasteiger partial charge >= 0.3 is 12.0 Å². The highest BCUT2D eigenvalue weighted by molar-refractivity contribution is 6.00. The van der Waals surface area contributed by atoms with Crippen LogP contribution in [0, 0.1) is 6.92 Å². The van der Waals surface area contributed by atoms with E-state index in [4.69, 9.17) is 9.47 Å². The van der Waals surface area contributed by atoms with E-state index in [2.05, 4.69) is 36.9 Å². The molecule has 0 spiro atoms. The van der Waals surface area contributed by atoms with Crippen molar-refractivity contribution in [2.45, 2.75) is 109 Å². The highest BCUT2D eigenvalue weighted by atomic mass is 16.6. The quantitative estimate of drug-likeness (QED) is 0.0387. The number of ether oxygens (including phenoxy) is 2. The number of hydrogen-bond acceptors (Lipinski definition) is 10. The summed E-state index contributed by atoms with van der Waals surface area (Å²) in [4.78, 5) is 95.9. The number of methoxy groups -OCH3 is 1. The minimum Gasteiger partial charge on any atom is -0.463 e. The molecule has 2 aromatic carbocycles. The van der Waals surface area contributed by atoms with Gasteiger partial charge in [-0.2, -0.15) is 0 Å². The van der Waals surface area contributed by atoms with Crippen molar-refractivity contribution >= 4 is 58.9 Å². The summed E-state index contributed by atoms with van der Waals surface area (Å²) in [5, 5.41) is 17.0. The van der Waals surface area contributed by atoms with Gasteiger partial charge in [-0.15, -0.1) is 0 Å². The molecule has 16 nitrogen and oxygen atoms in total. The molecule has 3 aromatic rings. The van der Waals surface area contributed by atoms with Gasteiger partial charge in [0.25, 0.3) is 0 Å². The molecule has 0 saturated heterocycles. The first-order valence-corrected chi connectivity index (χ1v) is 21.5. The van der Waals surface area contributed by atoms with Crippen LogP contribution in [0.2, 0.25) is 0 Å². The number of pyridine rings is 1. The van der Waals surface area contributed by atoms with Crippen LogP contribution < -0.4 is 31.9 Å². The number of amides is 6. The maximum absolute atomic E-state index is 14.1. The molecule has 0 unspecified atom stereocenters. The average molecular weight is 868 g/mol. The number of benzene rings is 2. The van der Waals surface area contributed by atoms with Crippen molar-refractivity contribution in [1.29, 1.82) is 0 Å². The molecule has 1 fully saturated rings. The topological polar surface area (TPSA) is 223 Å². The number of aromatic nitrogens is 1. The number of para-hydroxylation sites is 1. The minimum absolute atomic E-state index is 0.0177. The molecule has 4 rings (SSSR count). The first-order valence-electron chi connectivity index (χ1n) is 21.5. The first kappa shape index (κ1) is 49.2. The van der Waals surface area contributed by atoms with E-state index >= 15 is 0 Å². The Balaban J connectivity index is 1.43. The number of urea groups is 1. The molecular formula is C47H61N7O9. The van der Waals surface area contributed by atoms with Crippen LogP contribution in [0.4, 0.5) is 16.2 Å². The van der Waals surface area contributed by atoms with Gasteiger partial charge in [-0.05, 0) is 106 Å². The van der Waals surface area contributed by atoms with Crippen molar-refractivity contribution in [3.05, 3.63) is 95.8 Å². The van der Waals surface area contributed by atoms with Gasteiger partial charge in [-0.25, -0.2) is 4.79 Å². The summed E-state index contributed by atoms with van der Waals surface area (Å²) >= 11 is 0. The molecule has 2 atom stereocenters. The van der Waals surface area contributed by atoms with E-state index in [1.54, 1.807) is 54.9 Å². The van der Waals surface area contributed by atoms with Gasteiger partial charge in [0.15, 0.2) is 5.78 Å². The van der Waals surface area contributed by atoms with Crippen LogP contribution in [0.3, 0.4) is 0 Å². The van der Waals surface area contributed by atoms with Crippen molar-refractivity contribution in [2.75, 3.05) is 37.5 Å². The van der Waals surface area contributed by atoms with Gasteiger partial charge in [0.1, 0.15) is 18.7 Å². The molecular weight excluding hydrogens is 807 g/mol. The van der Waals surface area contributed by atoms with Gasteiger partial charge in [0, 0.05) is 49.9 Å². The molecule has 338 valence electrons. The predicted octanol–water partition coefficient (Wildman–Crippen LogP) is 5.31. The maximum atomic E-state index is 14.1. The Morgan fingerprint density at radius 2 is 1.54 bits per heavy atom. The van der Waals surface area contributed by atoms with Gasteiger partial charge < -0.3 is 41.4 Å². The van der Waals surface area contributed by atoms with Crippen LogP contribution in [-0.4, -0.2) is 90.9 Å². The number of nitrogens with one attached hydrogen (secondary N) is 6. The summed E-state index contributed by atoms with van der Waals surface area (Å²) in [6.07, 6.45) is 11.0. The Bertz CT molecular complexity index is 2020. The van der Waals surface area contributed by atoms with Crippen LogP contribution in [-0.2, 0) is 44.7 Å². The number of ketones is 1. The number of nitrogens with zero attached hydrogens (tertiary/aromatic N) is 1. The molecule has 16 heteroatoms. The highest BCUT2D eigenvalue weighted by Gasteiger charge is 2.40. The summed E-state index contributed by atoms with van der Waals surface area (Å²) in [6.45, 7) is 3.96. The van der Waals surface area contributed by atoms with E-state index in [1.807, 2.05) is 31.2 Å². The Morgan fingerprint density at radius 1 is 0.810 bits per heavy atom. The molecule has 0 aliphatic heterocycles. The summed E-state index contributed by atoms with van der Waals surface area (Å²) < 4.78 is 10.1. The van der Waals surface area contributed by atoms with Crippen LogP contribution in [0.25, 0.3) is 6.08 Å². The number of carbonyl (C=O) groups is 7. The Hall–Kier alpha value is -6.42. The second kappa shape index (κ2) is 26.1. The molecule has 1 aliphatic rings. The lowest BCUT2D eigenvalue weighted by Gasteiger charge is -2.37. The van der Waals surface area contributed by atoms with Crippen LogP contribution in [0.5, 0.6) is 0 Å². The second-order valence-electron chi connectivity index (χ2n) is 15.6. The number of carbonyl (C=O) groups excluding carboxylic acids is 7. The van der Waals surface area contributed by atoms with E-state index < -0.39 is 47.3 Å². The van der Waals surface area contributed by atoms with E-state index in [0.717, 1.165) is 30.4 Å². The van der Waals surface area contributed by atoms with Gasteiger partial charge in [-0.3, -0.25) is 33.8 Å². The second-order valence-corrected chi connectivity index (χ2v) is 15.6. The Morgan fingerprint density at radius 3 is 2.24 bits per heavy atom. The number of unbranched alkanes of at least 4 members (excludes halogenated alkanes) is 1. The fourth-order valence-electron chi connectivity index (χ4n) is 7.14. The Kier molecular flexibility index (Phi) is 20.4. The number of hydrogen-bond donors (Lipinski definition) is 6. The monoisotopic (exact) mass is 867 g/mol. The van der Waals surface area contributed by atoms with Gasteiger partial charge in [-0.1, -0.05) is 55.7 Å². The van der Waals surface area contributed by atoms with Crippen LogP contribution in [0.15, 0.2) is 79.1 Å². The normalized spacial score (nSPS) is 14.1. The average Bonchev–Trinajstić information content (AvgIpc) is 3.27. The predicted molar refractivity (Wildman–Crippen MR) is 239 cm³/mol. The molecule has 1 aromatic heterocycles. The number of anilines is 2. The zero-order chi connectivity index (χ0) is 45.5. The summed E-state index contributed by atoms with van der Waals surface area (Å²) in [5.74, 6) is -2.58. The zero-order valence-electron chi connectivity index (χ0n) is 36.5. The fourth-order valence-corrected chi connectivity index (χ4v) is 7.14. The third-order valence-corrected chi connectivity index (χ3v) is 10.8. The van der Waals surface area contributed by atoms with E-state index in [0.29, 0.717) is 49.2 Å². The van der Waals surface area contributed by atoms with E-state index in [-0.39, 0.29) is 57.0 Å². The molecule has 6 amide bonds. The lowest BCUT2D eigenvalue weighted by atomic mass is 9.78. The first-order chi connectivity index (χ1) is 30.4. The zero-order valence-corrected chi connectivity index (χ0v) is 36.5. The SMILES string of the molecule is COCCOC(=O)CCC[C@H](NC(=O)[C@@H](CCCCNC(=O)/C=C/c1cccnc1)NC(=O)Cc1ccc(NC(=O)Nc2ccccc2C)cc1)C(=O)NC1(C(C)=O)CCCCC1. The number of rotatable bonds is 24. The van der Waals surface area contributed by atoms with Crippen molar-refractivity contribution in [3.8, 4) is 0 Å². The smallest absolute Gasteiger partial charge is 0.323 e. The summed E-state index contributed by atoms with van der Waals surface area (Å²) in [5.41, 5.74) is 2.43. The largest absolute Gasteiger partial charge is 0.463 e. The van der Waals surface area contributed by atoms with Crippen molar-refractivity contribution in [1.82, 2.24) is 26.3 Å². The highest BCUT2D eigenvalue weighted by Crippen LogP contribution is 2.29. The lowest BCUT2D eigenvalue weighted by Crippen LogP contribution is -2.60. The van der Waals surface area contributed by atoms with Gasteiger partial charge in [0.05, 0.1) is 18.6 Å². The third-order valence-electron chi connectivity index (χ3n) is 10.8. The molecule has 1 aliphatic carbocycles. The molecule has 6 N–H and O–H groups in total. The van der Waals surface area contributed by atoms with Crippen molar-refractivity contribution < 1.29 is 43.0 Å². The van der Waals surface area contributed by atoms with Crippen molar-refractivity contribution in [3.63, 3.8) is 0 Å². The number of aryl methyl sites for hydroxylation is 1. The molecule has 0 bridgehead atoms. The Labute approximate surface area is 369 Å². The van der Waals surface area contributed by atoms with Crippen LogP contribution >= 0.6 is 0 Å². The molecule has 0 radical (unpaired) electrons. The lowest BCUT2D eigenvalue weighted by molar-refractivity contribution is -0.145. The maximum Gasteiger partial charge on any atom is 0.323 e. The van der Waals surface area contributed by atoms with Gasteiger partial charge in [0.2, 0.25) is 23.6 Å². The molecule has 1 saturated carbocycles. The standard InChI is InChI=1S/C47H61N7O9/c1-33-13-5-6-15-38(33)53-46(61)50-37-22-19-35(20-23-37)31-42(57)51-39(16-7-10-28-49-41(56)24-21-36-14-12-27-48-32-36)44(59)52-40(17-11-18-43(58)63-30-29-62-3)45(60)54-47(34(2)55)25-8-4-9-26-47/h5-6,12-15,19-24,27,32,39-40H,4,7-11,16-18,25-26,28-31H2,1-3H3,(H,49,56)(H,51,57)(H,52,59)(H,54,60)(H2,50,53,61)/b24-21+/t39-,40+/m1/s1. The third kappa shape index (κ3) is 17.5. The summed E-state index contributed by atoms with van der Waals surface area (Å²) in [7, 11) is 1.49. The number of Topliss-reactive ketones (excluding diaryl/α,β-unsaturated/α-hetero) is 1. The molecule has 1 heterocycles. The van der Waals surface area contributed by atoms with Crippen LogP contribution in [0.1, 0.15) is 94.2 Å². The number of esters is 1.